The number of methoxy groups -OCH3 is 2. The molecule has 0 fully saturated rings. The van der Waals surface area contributed by atoms with Gasteiger partial charge in [-0.25, -0.2) is 8.42 Å². The Labute approximate surface area is 183 Å². The zero-order chi connectivity index (χ0) is 22.8. The summed E-state index contributed by atoms with van der Waals surface area (Å²) in [5.41, 5.74) is 0.605. The third-order valence-corrected chi connectivity index (χ3v) is 6.18. The number of ether oxygens (including phenoxy) is 3. The SMILES string of the molecule is COc1ccc2c(c1)OC(C)(C)CC2NC(=O)CN(c1ccccc1OC)S(C)(=O)=O. The smallest absolute Gasteiger partial charge is 0.241 e. The standard InChI is InChI=1S/C22H28N2O6S/c1-22(2)13-17(16-11-10-15(28-3)12-20(16)30-22)23-21(25)14-24(31(5,26)27)18-8-6-7-9-19(18)29-4/h6-12,17H,13-14H2,1-5H3,(H,23,25). The van der Waals surface area contributed by atoms with Gasteiger partial charge < -0.3 is 19.5 Å². The maximum absolute atomic E-state index is 13.0. The van der Waals surface area contributed by atoms with Crippen molar-refractivity contribution in [2.24, 2.45) is 0 Å². The molecule has 1 aliphatic rings. The molecule has 168 valence electrons. The van der Waals surface area contributed by atoms with E-state index in [2.05, 4.69) is 5.32 Å². The molecule has 0 saturated heterocycles. The van der Waals surface area contributed by atoms with Crippen LogP contribution in [0.4, 0.5) is 5.69 Å². The fourth-order valence-electron chi connectivity index (χ4n) is 3.67. The average Bonchev–Trinajstić information content (AvgIpc) is 2.69. The Kier molecular flexibility index (Phi) is 6.35. The first-order chi connectivity index (χ1) is 14.5. The van der Waals surface area contributed by atoms with Gasteiger partial charge in [0, 0.05) is 18.1 Å². The van der Waals surface area contributed by atoms with E-state index in [1.165, 1.54) is 7.11 Å². The lowest BCUT2D eigenvalue weighted by Crippen LogP contribution is -2.45. The van der Waals surface area contributed by atoms with Crippen LogP contribution in [0.3, 0.4) is 0 Å². The molecule has 2 aromatic carbocycles. The first-order valence-electron chi connectivity index (χ1n) is 9.81. The van der Waals surface area contributed by atoms with Crippen LogP contribution in [0, 0.1) is 0 Å². The summed E-state index contributed by atoms with van der Waals surface area (Å²) in [6.07, 6.45) is 1.59. The van der Waals surface area contributed by atoms with Crippen molar-refractivity contribution < 1.29 is 27.4 Å². The van der Waals surface area contributed by atoms with Gasteiger partial charge >= 0.3 is 0 Å². The van der Waals surface area contributed by atoms with Crippen molar-refractivity contribution in [2.75, 3.05) is 31.3 Å². The lowest BCUT2D eigenvalue weighted by molar-refractivity contribution is -0.120. The highest BCUT2D eigenvalue weighted by Crippen LogP contribution is 2.41. The number of anilines is 1. The minimum Gasteiger partial charge on any atom is -0.497 e. The number of sulfonamides is 1. The molecule has 3 rings (SSSR count). The number of para-hydroxylation sites is 2. The highest BCUT2D eigenvalue weighted by Gasteiger charge is 2.35. The number of amides is 1. The van der Waals surface area contributed by atoms with Crippen molar-refractivity contribution >= 4 is 21.6 Å². The molecule has 0 radical (unpaired) electrons. The van der Waals surface area contributed by atoms with Gasteiger partial charge in [0.1, 0.15) is 29.4 Å². The van der Waals surface area contributed by atoms with Crippen LogP contribution in [0.15, 0.2) is 42.5 Å². The normalized spacial score (nSPS) is 17.1. The molecule has 0 saturated carbocycles. The molecular formula is C22H28N2O6S. The molecule has 1 unspecified atom stereocenters. The van der Waals surface area contributed by atoms with Crippen molar-refractivity contribution in [3.8, 4) is 17.2 Å². The van der Waals surface area contributed by atoms with Crippen LogP contribution in [0.25, 0.3) is 0 Å². The Hall–Kier alpha value is -2.94. The topological polar surface area (TPSA) is 94.2 Å². The molecule has 0 spiro atoms. The molecule has 0 bridgehead atoms. The molecule has 31 heavy (non-hydrogen) atoms. The van der Waals surface area contributed by atoms with Crippen LogP contribution in [0.1, 0.15) is 31.9 Å². The van der Waals surface area contributed by atoms with E-state index in [9.17, 15) is 13.2 Å². The van der Waals surface area contributed by atoms with Gasteiger partial charge in [-0.05, 0) is 38.1 Å². The Morgan fingerprint density at radius 1 is 1.19 bits per heavy atom. The van der Waals surface area contributed by atoms with E-state index < -0.39 is 21.5 Å². The molecule has 0 aliphatic carbocycles. The lowest BCUT2D eigenvalue weighted by Gasteiger charge is -2.38. The van der Waals surface area contributed by atoms with E-state index in [-0.39, 0.29) is 12.6 Å². The van der Waals surface area contributed by atoms with Crippen molar-refractivity contribution in [1.29, 1.82) is 0 Å². The number of hydrogen-bond donors (Lipinski definition) is 1. The van der Waals surface area contributed by atoms with E-state index in [1.54, 1.807) is 43.5 Å². The summed E-state index contributed by atoms with van der Waals surface area (Å²) in [5.74, 6) is 1.22. The summed E-state index contributed by atoms with van der Waals surface area (Å²) in [5, 5.41) is 2.97. The quantitative estimate of drug-likeness (QED) is 0.700. The molecule has 1 amide bonds. The zero-order valence-corrected chi connectivity index (χ0v) is 19.2. The van der Waals surface area contributed by atoms with E-state index in [0.717, 1.165) is 16.1 Å². The predicted octanol–water partition coefficient (Wildman–Crippen LogP) is 2.89. The molecule has 8 nitrogen and oxygen atoms in total. The van der Waals surface area contributed by atoms with E-state index in [0.29, 0.717) is 29.4 Å². The van der Waals surface area contributed by atoms with E-state index in [1.807, 2.05) is 19.9 Å². The molecule has 9 heteroatoms. The lowest BCUT2D eigenvalue weighted by atomic mass is 9.89. The fraction of sp³-hybridized carbons (Fsp3) is 0.409. The third kappa shape index (κ3) is 5.22. The maximum atomic E-state index is 13.0. The van der Waals surface area contributed by atoms with Crippen LogP contribution in [-0.2, 0) is 14.8 Å². The first kappa shape index (κ1) is 22.7. The van der Waals surface area contributed by atoms with Gasteiger partial charge in [0.25, 0.3) is 0 Å². The van der Waals surface area contributed by atoms with Gasteiger partial charge in [-0.3, -0.25) is 9.10 Å². The number of benzene rings is 2. The van der Waals surface area contributed by atoms with Gasteiger partial charge in [-0.2, -0.15) is 0 Å². The molecular weight excluding hydrogens is 420 g/mol. The largest absolute Gasteiger partial charge is 0.497 e. The van der Waals surface area contributed by atoms with Gasteiger partial charge in [0.05, 0.1) is 32.2 Å². The number of rotatable bonds is 7. The summed E-state index contributed by atoms with van der Waals surface area (Å²) >= 11 is 0. The molecule has 1 N–H and O–H groups in total. The van der Waals surface area contributed by atoms with Crippen LogP contribution in [-0.4, -0.2) is 46.9 Å². The summed E-state index contributed by atoms with van der Waals surface area (Å²) in [6, 6.07) is 11.8. The number of hydrogen-bond acceptors (Lipinski definition) is 6. The maximum Gasteiger partial charge on any atom is 0.241 e. The average molecular weight is 449 g/mol. The number of fused-ring (bicyclic) bond motifs is 1. The highest BCUT2D eigenvalue weighted by atomic mass is 32.2. The fourth-order valence-corrected chi connectivity index (χ4v) is 4.53. The first-order valence-corrected chi connectivity index (χ1v) is 11.7. The second-order valence-electron chi connectivity index (χ2n) is 8.03. The summed E-state index contributed by atoms with van der Waals surface area (Å²) < 4.78 is 42.6. The van der Waals surface area contributed by atoms with E-state index >= 15 is 0 Å². The predicted molar refractivity (Wildman–Crippen MR) is 118 cm³/mol. The Balaban J connectivity index is 1.86. The number of nitrogens with zero attached hydrogens (tertiary/aromatic N) is 1. The monoisotopic (exact) mass is 448 g/mol. The van der Waals surface area contributed by atoms with Crippen LogP contribution in [0.2, 0.25) is 0 Å². The summed E-state index contributed by atoms with van der Waals surface area (Å²) in [6.45, 7) is 3.50. The van der Waals surface area contributed by atoms with Crippen molar-refractivity contribution in [1.82, 2.24) is 5.32 Å². The highest BCUT2D eigenvalue weighted by molar-refractivity contribution is 7.92. The van der Waals surface area contributed by atoms with E-state index in [4.69, 9.17) is 14.2 Å². The molecule has 1 atom stereocenters. The van der Waals surface area contributed by atoms with Crippen molar-refractivity contribution in [3.05, 3.63) is 48.0 Å². The summed E-state index contributed by atoms with van der Waals surface area (Å²) in [7, 11) is -0.698. The minimum absolute atomic E-state index is 0.306. The Bertz CT molecular complexity index is 1070. The van der Waals surface area contributed by atoms with Gasteiger partial charge in [0.2, 0.25) is 15.9 Å². The number of carbonyl (C=O) groups excluding carboxylic acids is 1. The Morgan fingerprint density at radius 3 is 2.55 bits per heavy atom. The minimum atomic E-state index is -3.73. The third-order valence-electron chi connectivity index (χ3n) is 5.05. The van der Waals surface area contributed by atoms with Crippen LogP contribution >= 0.6 is 0 Å². The Morgan fingerprint density at radius 2 is 1.90 bits per heavy atom. The summed E-state index contributed by atoms with van der Waals surface area (Å²) in [4.78, 5) is 13.0. The van der Waals surface area contributed by atoms with Crippen molar-refractivity contribution in [3.63, 3.8) is 0 Å². The number of nitrogens with one attached hydrogen (secondary N) is 1. The van der Waals surface area contributed by atoms with Gasteiger partial charge in [-0.15, -0.1) is 0 Å². The molecule has 2 aromatic rings. The zero-order valence-electron chi connectivity index (χ0n) is 18.3. The van der Waals surface area contributed by atoms with Gasteiger partial charge in [0.15, 0.2) is 0 Å². The van der Waals surface area contributed by atoms with Crippen LogP contribution < -0.4 is 23.8 Å². The van der Waals surface area contributed by atoms with Crippen molar-refractivity contribution in [2.45, 2.75) is 31.9 Å². The molecule has 1 heterocycles. The molecule has 0 aromatic heterocycles. The second-order valence-corrected chi connectivity index (χ2v) is 9.94. The molecule has 1 aliphatic heterocycles. The van der Waals surface area contributed by atoms with Gasteiger partial charge in [-0.1, -0.05) is 12.1 Å². The second kappa shape index (κ2) is 8.66. The van der Waals surface area contributed by atoms with Crippen LogP contribution in [0.5, 0.6) is 17.2 Å². The number of carbonyl (C=O) groups is 1.